The summed E-state index contributed by atoms with van der Waals surface area (Å²) in [5.74, 6) is 0.328. The van der Waals surface area contributed by atoms with Crippen LogP contribution in [0.2, 0.25) is 0 Å². The lowest BCUT2D eigenvalue weighted by Gasteiger charge is -2.20. The summed E-state index contributed by atoms with van der Waals surface area (Å²) in [4.78, 5) is 0. The molecule has 0 saturated carbocycles. The van der Waals surface area contributed by atoms with Crippen LogP contribution in [-0.4, -0.2) is 28.0 Å². The number of rotatable bonds is 8. The highest BCUT2D eigenvalue weighted by Crippen LogP contribution is 2.20. The van der Waals surface area contributed by atoms with E-state index in [1.807, 2.05) is 16.9 Å². The van der Waals surface area contributed by atoms with Gasteiger partial charge in [0.2, 0.25) is 0 Å². The first-order chi connectivity index (χ1) is 10.6. The quantitative estimate of drug-likeness (QED) is 0.786. The van der Waals surface area contributed by atoms with Crippen LogP contribution in [0.15, 0.2) is 42.7 Å². The summed E-state index contributed by atoms with van der Waals surface area (Å²) in [7, 11) is 0. The summed E-state index contributed by atoms with van der Waals surface area (Å²) in [6.45, 7) is 7.46. The van der Waals surface area contributed by atoms with Gasteiger partial charge in [0.1, 0.15) is 0 Å². The number of hydrogen-bond acceptors (Lipinski definition) is 3. The summed E-state index contributed by atoms with van der Waals surface area (Å²) in [5, 5.41) is 17.3. The molecule has 0 radical (unpaired) electrons. The van der Waals surface area contributed by atoms with Gasteiger partial charge in [-0.1, -0.05) is 30.3 Å². The van der Waals surface area contributed by atoms with Crippen LogP contribution in [0.4, 0.5) is 0 Å². The molecule has 0 aliphatic rings. The van der Waals surface area contributed by atoms with E-state index in [-0.39, 0.29) is 12.6 Å². The van der Waals surface area contributed by atoms with Gasteiger partial charge < -0.3 is 10.4 Å². The monoisotopic (exact) mass is 301 g/mol. The Morgan fingerprint density at radius 2 is 1.86 bits per heavy atom. The zero-order chi connectivity index (χ0) is 15.9. The second kappa shape index (κ2) is 8.11. The largest absolute Gasteiger partial charge is 0.396 e. The summed E-state index contributed by atoms with van der Waals surface area (Å²) in [6, 6.07) is 11.0. The summed E-state index contributed by atoms with van der Waals surface area (Å²) in [5.41, 5.74) is 2.47. The van der Waals surface area contributed by atoms with Crippen molar-refractivity contribution in [3.63, 3.8) is 0 Å². The molecule has 1 aromatic heterocycles. The van der Waals surface area contributed by atoms with E-state index in [1.165, 1.54) is 11.1 Å². The van der Waals surface area contributed by atoms with Crippen LogP contribution in [0.5, 0.6) is 0 Å². The Labute approximate surface area is 133 Å². The summed E-state index contributed by atoms with van der Waals surface area (Å²) >= 11 is 0. The normalized spacial score (nSPS) is 14.2. The second-order valence-corrected chi connectivity index (χ2v) is 6.10. The maximum atomic E-state index is 9.30. The lowest BCUT2D eigenvalue weighted by Crippen LogP contribution is -2.25. The van der Waals surface area contributed by atoms with Gasteiger partial charge in [0.25, 0.3) is 0 Å². The van der Waals surface area contributed by atoms with Crippen LogP contribution in [0.1, 0.15) is 56.3 Å². The third-order valence-electron chi connectivity index (χ3n) is 4.07. The fourth-order valence-corrected chi connectivity index (χ4v) is 2.56. The Kier molecular flexibility index (Phi) is 6.16. The van der Waals surface area contributed by atoms with Crippen molar-refractivity contribution in [2.45, 2.75) is 45.2 Å². The van der Waals surface area contributed by atoms with Crippen LogP contribution in [0.3, 0.4) is 0 Å². The Morgan fingerprint density at radius 1 is 1.14 bits per heavy atom. The van der Waals surface area contributed by atoms with Gasteiger partial charge in [0.05, 0.1) is 6.20 Å². The van der Waals surface area contributed by atoms with Gasteiger partial charge in [-0.25, -0.2) is 0 Å². The van der Waals surface area contributed by atoms with Crippen molar-refractivity contribution in [1.29, 1.82) is 0 Å². The summed E-state index contributed by atoms with van der Waals surface area (Å²) < 4.78 is 1.98. The predicted molar refractivity (Wildman–Crippen MR) is 89.9 cm³/mol. The first-order valence-electron chi connectivity index (χ1n) is 8.05. The van der Waals surface area contributed by atoms with Crippen molar-refractivity contribution >= 4 is 0 Å². The molecule has 22 heavy (non-hydrogen) atoms. The Hall–Kier alpha value is -1.65. The molecule has 0 amide bonds. The molecule has 0 fully saturated rings. The van der Waals surface area contributed by atoms with Crippen molar-refractivity contribution in [3.8, 4) is 0 Å². The molecule has 0 aliphatic carbocycles. The number of nitrogens with zero attached hydrogens (tertiary/aromatic N) is 2. The molecule has 2 atom stereocenters. The van der Waals surface area contributed by atoms with E-state index in [4.69, 9.17) is 0 Å². The molecule has 0 aliphatic heterocycles. The molecule has 0 bridgehead atoms. The van der Waals surface area contributed by atoms with Crippen LogP contribution >= 0.6 is 0 Å². The van der Waals surface area contributed by atoms with Crippen molar-refractivity contribution in [3.05, 3.63) is 53.9 Å². The number of nitrogens with one attached hydrogen (secondary N) is 1. The molecule has 4 heteroatoms. The zero-order valence-electron chi connectivity index (χ0n) is 13.7. The molecule has 4 nitrogen and oxygen atoms in total. The molecule has 0 saturated heterocycles. The minimum atomic E-state index is 0.209. The van der Waals surface area contributed by atoms with E-state index in [0.29, 0.717) is 12.0 Å². The molecular weight excluding hydrogens is 274 g/mol. The molecule has 2 rings (SSSR count). The van der Waals surface area contributed by atoms with E-state index in [2.05, 4.69) is 61.6 Å². The first kappa shape index (κ1) is 16.7. The van der Waals surface area contributed by atoms with Gasteiger partial charge in [0, 0.05) is 37.0 Å². The second-order valence-electron chi connectivity index (χ2n) is 6.10. The Bertz CT molecular complexity index is 550. The van der Waals surface area contributed by atoms with Crippen LogP contribution < -0.4 is 5.32 Å². The van der Waals surface area contributed by atoms with Crippen LogP contribution in [-0.2, 0) is 0 Å². The van der Waals surface area contributed by atoms with Gasteiger partial charge in [-0.15, -0.1) is 0 Å². The average Bonchev–Trinajstić information content (AvgIpc) is 3.02. The highest BCUT2D eigenvalue weighted by molar-refractivity contribution is 5.20. The molecule has 2 aromatic rings. The predicted octanol–water partition coefficient (Wildman–Crippen LogP) is 3.28. The van der Waals surface area contributed by atoms with E-state index < -0.39 is 0 Å². The highest BCUT2D eigenvalue weighted by Gasteiger charge is 2.14. The van der Waals surface area contributed by atoms with Crippen LogP contribution in [0, 0.1) is 0 Å². The minimum absolute atomic E-state index is 0.209. The molecule has 2 unspecified atom stereocenters. The third-order valence-corrected chi connectivity index (χ3v) is 4.07. The zero-order valence-corrected chi connectivity index (χ0v) is 13.7. The fourth-order valence-electron chi connectivity index (χ4n) is 2.56. The number of aliphatic hydroxyl groups excluding tert-OH is 1. The smallest absolute Gasteiger partial charge is 0.0537 e. The van der Waals surface area contributed by atoms with Crippen LogP contribution in [0.25, 0.3) is 0 Å². The number of benzene rings is 1. The lowest BCUT2D eigenvalue weighted by molar-refractivity contribution is 0.272. The lowest BCUT2D eigenvalue weighted by atomic mass is 9.95. The van der Waals surface area contributed by atoms with Crippen molar-refractivity contribution in [2.24, 2.45) is 0 Å². The van der Waals surface area contributed by atoms with Gasteiger partial charge >= 0.3 is 0 Å². The number of hydrogen-bond donors (Lipinski definition) is 2. The third kappa shape index (κ3) is 4.42. The molecule has 0 spiro atoms. The number of aliphatic hydroxyl groups is 1. The van der Waals surface area contributed by atoms with Gasteiger partial charge in [-0.2, -0.15) is 5.10 Å². The highest BCUT2D eigenvalue weighted by atomic mass is 16.3. The van der Waals surface area contributed by atoms with Crippen molar-refractivity contribution in [2.75, 3.05) is 13.2 Å². The van der Waals surface area contributed by atoms with Gasteiger partial charge in [-0.05, 0) is 38.7 Å². The molecule has 120 valence electrons. The molecule has 1 aromatic carbocycles. The van der Waals surface area contributed by atoms with Crippen molar-refractivity contribution in [1.82, 2.24) is 15.1 Å². The van der Waals surface area contributed by atoms with E-state index in [0.717, 1.165) is 13.0 Å². The van der Waals surface area contributed by atoms with Gasteiger partial charge in [-0.3, -0.25) is 4.68 Å². The molecule has 1 heterocycles. The Balaban J connectivity index is 1.96. The standard InChI is InChI=1S/C18H27N3O/c1-14(2)21-13-18(12-20-21)15(3)19-11-17(9-10-22)16-7-5-4-6-8-16/h4-8,12-15,17,19,22H,9-11H2,1-3H3. The van der Waals surface area contributed by atoms with Gasteiger partial charge in [0.15, 0.2) is 0 Å². The maximum absolute atomic E-state index is 9.30. The summed E-state index contributed by atoms with van der Waals surface area (Å²) in [6.07, 6.45) is 4.81. The molecule has 2 N–H and O–H groups in total. The maximum Gasteiger partial charge on any atom is 0.0537 e. The molecular formula is C18H27N3O. The topological polar surface area (TPSA) is 50.1 Å². The minimum Gasteiger partial charge on any atom is -0.396 e. The first-order valence-corrected chi connectivity index (χ1v) is 8.05. The Morgan fingerprint density at radius 3 is 2.45 bits per heavy atom. The average molecular weight is 301 g/mol. The van der Waals surface area contributed by atoms with E-state index >= 15 is 0 Å². The SMILES string of the molecule is CC(NCC(CCO)c1ccccc1)c1cnn(C(C)C)c1. The van der Waals surface area contributed by atoms with Crippen molar-refractivity contribution < 1.29 is 5.11 Å². The van der Waals surface area contributed by atoms with E-state index in [1.54, 1.807) is 0 Å². The number of aromatic nitrogens is 2. The van der Waals surface area contributed by atoms with E-state index in [9.17, 15) is 5.11 Å². The fraction of sp³-hybridized carbons (Fsp3) is 0.500.